The van der Waals surface area contributed by atoms with Crippen LogP contribution in [0.2, 0.25) is 0 Å². The number of hydrogen-bond donors (Lipinski definition) is 5. The summed E-state index contributed by atoms with van der Waals surface area (Å²) < 4.78 is 35.1. The molecule has 12 heteroatoms. The molecule has 0 aromatic heterocycles. The van der Waals surface area contributed by atoms with E-state index in [9.17, 15) is 30.0 Å². The summed E-state index contributed by atoms with van der Waals surface area (Å²) in [6.45, 7) is 22.2. The maximum Gasteiger partial charge on any atom is 0.309 e. The molecule has 0 aliphatic carbocycles. The third-order valence-corrected chi connectivity index (χ3v) is 16.8. The van der Waals surface area contributed by atoms with Crippen molar-refractivity contribution in [1.82, 2.24) is 5.32 Å². The smallest absolute Gasteiger partial charge is 0.309 e. The molecule has 18 atom stereocenters. The van der Waals surface area contributed by atoms with Crippen molar-refractivity contribution in [3.63, 3.8) is 0 Å². The third kappa shape index (κ3) is 9.07. The first kappa shape index (κ1) is 49.0. The van der Waals surface area contributed by atoms with E-state index in [2.05, 4.69) is 39.1 Å². The van der Waals surface area contributed by atoms with Crippen molar-refractivity contribution in [1.29, 1.82) is 0 Å². The van der Waals surface area contributed by atoms with Gasteiger partial charge in [0, 0.05) is 42.2 Å². The maximum atomic E-state index is 14.8. The Morgan fingerprint density at radius 2 is 1.60 bits per heavy atom. The monoisotopic (exact) mass is 870 g/mol. The van der Waals surface area contributed by atoms with Gasteiger partial charge in [0.15, 0.2) is 11.6 Å². The van der Waals surface area contributed by atoms with E-state index >= 15 is 0 Å². The Kier molecular flexibility index (Phi) is 14.9. The topological polar surface area (TPSA) is 173 Å². The summed E-state index contributed by atoms with van der Waals surface area (Å²) in [4.78, 5) is 26.9. The number of aliphatic hydroxyl groups excluding tert-OH is 1. The number of aromatic hydroxyl groups is 1. The average molecular weight is 870 g/mol. The molecule has 5 N–H and O–H groups in total. The average Bonchev–Trinajstić information content (AvgIpc) is 3.58. The number of ether oxygens (including phenoxy) is 5. The van der Waals surface area contributed by atoms with Gasteiger partial charge in [0.1, 0.15) is 11.5 Å². The van der Waals surface area contributed by atoms with Gasteiger partial charge in [-0.2, -0.15) is 0 Å². The number of rotatable bonds is 15. The lowest BCUT2D eigenvalue weighted by atomic mass is 9.68. The minimum Gasteiger partial charge on any atom is -0.508 e. The van der Waals surface area contributed by atoms with Crippen LogP contribution in [-0.2, 0) is 39.8 Å². The lowest BCUT2D eigenvalue weighted by Gasteiger charge is -2.55. The van der Waals surface area contributed by atoms with Crippen LogP contribution in [0, 0.1) is 41.4 Å². The van der Waals surface area contributed by atoms with Crippen molar-refractivity contribution in [2.24, 2.45) is 41.4 Å². The van der Waals surface area contributed by atoms with Crippen molar-refractivity contribution in [2.75, 3.05) is 0 Å². The molecule has 0 saturated carbocycles. The zero-order chi connectivity index (χ0) is 45.6. The molecular weight excluding hydrogens is 791 g/mol. The van der Waals surface area contributed by atoms with Crippen LogP contribution in [0.25, 0.3) is 0 Å². The number of benzene rings is 1. The zero-order valence-corrected chi connectivity index (χ0v) is 39.4. The molecule has 350 valence electrons. The molecule has 2 spiro atoms. The highest BCUT2D eigenvalue weighted by molar-refractivity contribution is 5.84. The molecule has 1 aromatic rings. The van der Waals surface area contributed by atoms with Crippen molar-refractivity contribution >= 4 is 11.8 Å². The van der Waals surface area contributed by atoms with Crippen LogP contribution in [-0.4, -0.2) is 97.1 Å². The molecule has 0 bridgehead atoms. The number of carboxylic acid groups (broad SMARTS) is 1. The first-order valence-corrected chi connectivity index (χ1v) is 23.9. The first-order chi connectivity index (χ1) is 29.1. The van der Waals surface area contributed by atoms with Crippen molar-refractivity contribution < 1.29 is 53.7 Å². The maximum absolute atomic E-state index is 14.8. The minimum absolute atomic E-state index is 0.00215. The molecule has 12 nitrogen and oxygen atoms in total. The van der Waals surface area contributed by atoms with Crippen LogP contribution >= 0.6 is 0 Å². The van der Waals surface area contributed by atoms with E-state index in [0.717, 1.165) is 18.4 Å². The molecule has 62 heavy (non-hydrogen) atoms. The van der Waals surface area contributed by atoms with Gasteiger partial charge in [0.05, 0.1) is 59.3 Å². The van der Waals surface area contributed by atoms with Crippen LogP contribution in [0.3, 0.4) is 0 Å². The van der Waals surface area contributed by atoms with Crippen molar-refractivity contribution in [3.05, 3.63) is 42.0 Å². The number of para-hydroxylation sites is 1. The Balaban J connectivity index is 1.25. The van der Waals surface area contributed by atoms with Gasteiger partial charge in [-0.05, 0) is 103 Å². The minimum atomic E-state index is -1.23. The predicted octanol–water partition coefficient (Wildman–Crippen LogP) is 8.08. The molecule has 0 radical (unpaired) electrons. The normalized spacial score (nSPS) is 42.3. The van der Waals surface area contributed by atoms with Crippen LogP contribution in [0.1, 0.15) is 146 Å². The number of ketones is 1. The van der Waals surface area contributed by atoms with Crippen LogP contribution in [0.5, 0.6) is 5.75 Å². The number of aliphatic hydroxyl groups is 2. The van der Waals surface area contributed by atoms with E-state index in [1.165, 1.54) is 0 Å². The number of carbonyl (C=O) groups excluding carboxylic acids is 1. The summed E-state index contributed by atoms with van der Waals surface area (Å²) in [5.74, 6) is -5.59. The second kappa shape index (κ2) is 18.8. The first-order valence-electron chi connectivity index (χ1n) is 23.9. The largest absolute Gasteiger partial charge is 0.508 e. The van der Waals surface area contributed by atoms with Crippen LogP contribution in [0.15, 0.2) is 36.4 Å². The summed E-state index contributed by atoms with van der Waals surface area (Å²) in [6.07, 6.45) is 7.50. The molecular formula is C50H79NO11. The molecule has 5 aliphatic rings. The van der Waals surface area contributed by atoms with E-state index in [1.807, 2.05) is 59.8 Å². The fourth-order valence-electron chi connectivity index (χ4n) is 11.8. The standard InChI is InChI=1S/C50H79NO11/c1-12-36(45(55)56)39-20-19-30(5)47(11,59-39)33(8)42(53)32(7)43(54)37(13-2)44-29(4)27-31(6)49(60-44)24-21-40(51-28-35-17-15-16-18-38(35)52)50(62-49)26-25-46(10,61-50)41-22-23-48(57,14-3)34(9)58-41/h15-18,21,24,29-34,36-37,39-42,44,51-53,57H,12-14,19-20,22-23,25-28H2,1-11H3,(H,55,56)/t29-,30?,31+,32-,33?,34?,36?,37?,39?,40?,41?,42?,44?,46?,47?,48?,49-,50?/m0/s1. The van der Waals surface area contributed by atoms with Gasteiger partial charge in [0.2, 0.25) is 0 Å². The van der Waals surface area contributed by atoms with E-state index in [1.54, 1.807) is 19.1 Å². The molecule has 14 unspecified atom stereocenters. The molecule has 6 rings (SSSR count). The Morgan fingerprint density at radius 1 is 0.903 bits per heavy atom. The summed E-state index contributed by atoms with van der Waals surface area (Å²) in [5.41, 5.74) is -1.71. The summed E-state index contributed by atoms with van der Waals surface area (Å²) in [7, 11) is 0. The number of nitrogens with one attached hydrogen (secondary N) is 1. The number of carbonyl (C=O) groups is 2. The fraction of sp³-hybridized carbons (Fsp3) is 0.800. The summed E-state index contributed by atoms with van der Waals surface area (Å²) in [6, 6.07) is 6.82. The summed E-state index contributed by atoms with van der Waals surface area (Å²) >= 11 is 0. The zero-order valence-electron chi connectivity index (χ0n) is 39.4. The number of hydrogen-bond acceptors (Lipinski definition) is 11. The molecule has 5 aliphatic heterocycles. The lowest BCUT2D eigenvalue weighted by molar-refractivity contribution is -0.398. The SMILES string of the molecule is CCC(C(=O)O)C1CCC(C)C(C)(C(C)C(O)[C@H](C)C(=O)C(CC)C2O[C@]3(C=CC(NCc4ccccc4O)C4(CCC(C)(C5CCC(O)(CC)C(C)O5)O4)O3)[C@H](C)C[C@@H]2C)O1. The lowest BCUT2D eigenvalue weighted by Crippen LogP contribution is -2.65. The Hall–Kier alpha value is -2.42. The van der Waals surface area contributed by atoms with E-state index in [-0.39, 0.29) is 41.5 Å². The highest BCUT2D eigenvalue weighted by Gasteiger charge is 2.63. The molecule has 4 fully saturated rings. The van der Waals surface area contributed by atoms with Crippen LogP contribution < -0.4 is 5.32 Å². The fourth-order valence-corrected chi connectivity index (χ4v) is 11.8. The number of phenolic OH excluding ortho intramolecular Hbond substituents is 1. The van der Waals surface area contributed by atoms with Gasteiger partial charge < -0.3 is 49.4 Å². The van der Waals surface area contributed by atoms with Gasteiger partial charge in [0.25, 0.3) is 0 Å². The van der Waals surface area contributed by atoms with E-state index in [0.29, 0.717) is 57.9 Å². The van der Waals surface area contributed by atoms with Crippen molar-refractivity contribution in [3.8, 4) is 5.75 Å². The second-order valence-electron chi connectivity index (χ2n) is 20.5. The molecule has 4 saturated heterocycles. The third-order valence-electron chi connectivity index (χ3n) is 16.8. The number of carboxylic acids is 1. The van der Waals surface area contributed by atoms with Crippen molar-refractivity contribution in [2.45, 2.75) is 212 Å². The van der Waals surface area contributed by atoms with Gasteiger partial charge in [-0.1, -0.05) is 79.7 Å². The molecule has 0 amide bonds. The predicted molar refractivity (Wildman–Crippen MR) is 236 cm³/mol. The Morgan fingerprint density at radius 3 is 2.23 bits per heavy atom. The quantitative estimate of drug-likeness (QED) is 0.108. The van der Waals surface area contributed by atoms with Gasteiger partial charge in [-0.3, -0.25) is 9.59 Å². The Labute approximate surface area is 370 Å². The van der Waals surface area contributed by atoms with E-state index < -0.39 is 82.4 Å². The second-order valence-corrected chi connectivity index (χ2v) is 20.5. The Bertz CT molecular complexity index is 1760. The molecule has 1 aromatic carbocycles. The number of Topliss-reactive ketones (excluding diaryl/α,β-unsaturated/α-hetero) is 1. The van der Waals surface area contributed by atoms with Crippen LogP contribution in [0.4, 0.5) is 0 Å². The van der Waals surface area contributed by atoms with Gasteiger partial charge in [-0.25, -0.2) is 0 Å². The van der Waals surface area contributed by atoms with Gasteiger partial charge in [-0.15, -0.1) is 0 Å². The highest BCUT2D eigenvalue weighted by Crippen LogP contribution is 2.54. The summed E-state index contributed by atoms with van der Waals surface area (Å²) in [5, 5.41) is 47.5. The molecule has 5 heterocycles. The highest BCUT2D eigenvalue weighted by atomic mass is 16.8. The number of aliphatic carboxylic acids is 1. The number of phenols is 1. The van der Waals surface area contributed by atoms with Gasteiger partial charge >= 0.3 is 5.97 Å². The van der Waals surface area contributed by atoms with E-state index in [4.69, 9.17) is 23.7 Å².